The van der Waals surface area contributed by atoms with E-state index in [0.29, 0.717) is 6.54 Å². The van der Waals surface area contributed by atoms with Gasteiger partial charge in [0.15, 0.2) is 11.0 Å². The fraction of sp³-hybridized carbons (Fsp3) is 0.200. The van der Waals surface area contributed by atoms with Crippen LogP contribution in [0.1, 0.15) is 5.56 Å². The number of hydrogen-bond acceptors (Lipinski definition) is 4. The highest BCUT2D eigenvalue weighted by molar-refractivity contribution is 9.10. The zero-order valence-electron chi connectivity index (χ0n) is 14.9. The highest BCUT2D eigenvalue weighted by Crippen LogP contribution is 2.28. The summed E-state index contributed by atoms with van der Waals surface area (Å²) in [6.07, 6.45) is 1.88. The van der Waals surface area contributed by atoms with Gasteiger partial charge in [-0.1, -0.05) is 45.9 Å². The summed E-state index contributed by atoms with van der Waals surface area (Å²) in [5, 5.41) is 9.74. The number of hydrogen-bond donors (Lipinski definition) is 0. The van der Waals surface area contributed by atoms with Gasteiger partial charge in [0, 0.05) is 42.1 Å². The first kappa shape index (κ1) is 18.7. The molecule has 0 atom stereocenters. The average Bonchev–Trinajstić information content (AvgIpc) is 3.03. The summed E-state index contributed by atoms with van der Waals surface area (Å²) in [6.45, 7) is 4.56. The van der Waals surface area contributed by atoms with Gasteiger partial charge in [-0.2, -0.15) is 0 Å². The Balaban J connectivity index is 1.84. The average molecular weight is 429 g/mol. The van der Waals surface area contributed by atoms with Gasteiger partial charge in [-0.25, -0.2) is 0 Å². The SMILES string of the molecule is C=CCn1c(SCc2cccc(Br)c2)nnc1-c1ccc(N(C)C)cc1. The topological polar surface area (TPSA) is 34.0 Å². The number of anilines is 1. The molecule has 3 aromatic rings. The highest BCUT2D eigenvalue weighted by atomic mass is 79.9. The molecular weight excluding hydrogens is 408 g/mol. The molecule has 0 N–H and O–H groups in total. The highest BCUT2D eigenvalue weighted by Gasteiger charge is 2.14. The monoisotopic (exact) mass is 428 g/mol. The van der Waals surface area contributed by atoms with Crippen molar-refractivity contribution < 1.29 is 0 Å². The molecule has 26 heavy (non-hydrogen) atoms. The molecule has 134 valence electrons. The third-order valence-electron chi connectivity index (χ3n) is 3.93. The minimum Gasteiger partial charge on any atom is -0.378 e. The quantitative estimate of drug-likeness (QED) is 0.380. The minimum atomic E-state index is 0.679. The predicted molar refractivity (Wildman–Crippen MR) is 114 cm³/mol. The number of nitrogens with zero attached hydrogens (tertiary/aromatic N) is 4. The Hall–Kier alpha value is -2.05. The first-order valence-corrected chi connectivity index (χ1v) is 10.1. The van der Waals surface area contributed by atoms with E-state index in [2.05, 4.69) is 78.6 Å². The molecule has 0 radical (unpaired) electrons. The normalized spacial score (nSPS) is 10.7. The maximum absolute atomic E-state index is 4.43. The Morgan fingerprint density at radius 3 is 2.58 bits per heavy atom. The second-order valence-corrected chi connectivity index (χ2v) is 7.92. The van der Waals surface area contributed by atoms with Crippen LogP contribution in [0.25, 0.3) is 11.4 Å². The largest absolute Gasteiger partial charge is 0.378 e. The summed E-state index contributed by atoms with van der Waals surface area (Å²) < 4.78 is 3.20. The van der Waals surface area contributed by atoms with Crippen molar-refractivity contribution in [3.63, 3.8) is 0 Å². The second-order valence-electron chi connectivity index (χ2n) is 6.07. The van der Waals surface area contributed by atoms with Crippen molar-refractivity contribution >= 4 is 33.4 Å². The van der Waals surface area contributed by atoms with Gasteiger partial charge in [0.1, 0.15) is 0 Å². The van der Waals surface area contributed by atoms with E-state index < -0.39 is 0 Å². The van der Waals surface area contributed by atoms with Crippen molar-refractivity contribution in [2.24, 2.45) is 0 Å². The summed E-state index contributed by atoms with van der Waals surface area (Å²) >= 11 is 5.20. The van der Waals surface area contributed by atoms with E-state index in [-0.39, 0.29) is 0 Å². The number of thioether (sulfide) groups is 1. The molecule has 0 saturated carbocycles. The van der Waals surface area contributed by atoms with Gasteiger partial charge in [0.2, 0.25) is 0 Å². The number of rotatable bonds is 7. The van der Waals surface area contributed by atoms with Crippen molar-refractivity contribution in [2.45, 2.75) is 17.5 Å². The van der Waals surface area contributed by atoms with Crippen LogP contribution in [0.3, 0.4) is 0 Å². The molecule has 0 saturated heterocycles. The van der Waals surface area contributed by atoms with Gasteiger partial charge < -0.3 is 4.90 Å². The lowest BCUT2D eigenvalue weighted by Gasteiger charge is -2.13. The fourth-order valence-electron chi connectivity index (χ4n) is 2.59. The van der Waals surface area contributed by atoms with Crippen molar-refractivity contribution in [1.29, 1.82) is 0 Å². The van der Waals surface area contributed by atoms with Gasteiger partial charge in [0.05, 0.1) is 0 Å². The molecule has 0 spiro atoms. The first-order valence-electron chi connectivity index (χ1n) is 8.27. The molecule has 0 fully saturated rings. The number of halogens is 1. The predicted octanol–water partition coefficient (Wildman–Crippen LogP) is 5.25. The van der Waals surface area contributed by atoms with Crippen LogP contribution in [-0.2, 0) is 12.3 Å². The lowest BCUT2D eigenvalue weighted by atomic mass is 10.2. The molecule has 0 aliphatic rings. The number of aromatic nitrogens is 3. The summed E-state index contributed by atoms with van der Waals surface area (Å²) in [5.41, 5.74) is 3.46. The van der Waals surface area contributed by atoms with Crippen LogP contribution in [-0.4, -0.2) is 28.9 Å². The third kappa shape index (κ3) is 4.37. The van der Waals surface area contributed by atoms with Crippen LogP contribution >= 0.6 is 27.7 Å². The molecule has 0 aliphatic heterocycles. The summed E-state index contributed by atoms with van der Waals surface area (Å²) in [4.78, 5) is 2.08. The Morgan fingerprint density at radius 1 is 1.15 bits per heavy atom. The Kier molecular flexibility index (Phi) is 6.16. The molecule has 2 aromatic carbocycles. The van der Waals surface area contributed by atoms with Crippen LogP contribution in [0.4, 0.5) is 5.69 Å². The molecule has 3 rings (SSSR count). The fourth-order valence-corrected chi connectivity index (χ4v) is 3.92. The van der Waals surface area contributed by atoms with E-state index in [9.17, 15) is 0 Å². The number of allylic oxidation sites excluding steroid dienone is 1. The van der Waals surface area contributed by atoms with Crippen molar-refractivity contribution in [1.82, 2.24) is 14.8 Å². The van der Waals surface area contributed by atoms with Crippen molar-refractivity contribution in [3.8, 4) is 11.4 Å². The molecule has 1 heterocycles. The lowest BCUT2D eigenvalue weighted by Crippen LogP contribution is -2.08. The zero-order valence-corrected chi connectivity index (χ0v) is 17.3. The minimum absolute atomic E-state index is 0.679. The van der Waals surface area contributed by atoms with Crippen LogP contribution in [0.5, 0.6) is 0 Å². The van der Waals surface area contributed by atoms with Gasteiger partial charge >= 0.3 is 0 Å². The first-order chi connectivity index (χ1) is 12.6. The van der Waals surface area contributed by atoms with Gasteiger partial charge in [-0.15, -0.1) is 16.8 Å². The maximum Gasteiger partial charge on any atom is 0.192 e. The third-order valence-corrected chi connectivity index (χ3v) is 5.46. The van der Waals surface area contributed by atoms with E-state index in [1.807, 2.05) is 32.3 Å². The molecule has 6 heteroatoms. The molecule has 0 aliphatic carbocycles. The number of benzene rings is 2. The van der Waals surface area contributed by atoms with Gasteiger partial charge in [0.25, 0.3) is 0 Å². The molecule has 0 unspecified atom stereocenters. The van der Waals surface area contributed by atoms with E-state index in [0.717, 1.165) is 32.5 Å². The summed E-state index contributed by atoms with van der Waals surface area (Å²) in [5.74, 6) is 1.71. The molecule has 1 aromatic heterocycles. The molecule has 0 bridgehead atoms. The van der Waals surface area contributed by atoms with E-state index >= 15 is 0 Å². The Bertz CT molecular complexity index is 887. The maximum atomic E-state index is 4.43. The van der Waals surface area contributed by atoms with Gasteiger partial charge in [-0.3, -0.25) is 4.57 Å². The van der Waals surface area contributed by atoms with Crippen LogP contribution in [0.2, 0.25) is 0 Å². The van der Waals surface area contributed by atoms with Crippen LogP contribution < -0.4 is 4.90 Å². The smallest absolute Gasteiger partial charge is 0.192 e. The van der Waals surface area contributed by atoms with Crippen molar-refractivity contribution in [3.05, 3.63) is 71.2 Å². The molecule has 4 nitrogen and oxygen atoms in total. The van der Waals surface area contributed by atoms with E-state index in [1.165, 1.54) is 5.56 Å². The van der Waals surface area contributed by atoms with E-state index in [1.54, 1.807) is 11.8 Å². The van der Waals surface area contributed by atoms with Crippen LogP contribution in [0, 0.1) is 0 Å². The summed E-state index contributed by atoms with van der Waals surface area (Å²) in [7, 11) is 4.07. The summed E-state index contributed by atoms with van der Waals surface area (Å²) in [6, 6.07) is 16.7. The Morgan fingerprint density at radius 2 is 1.92 bits per heavy atom. The molecule has 0 amide bonds. The van der Waals surface area contributed by atoms with Crippen LogP contribution in [0.15, 0.2) is 70.8 Å². The lowest BCUT2D eigenvalue weighted by molar-refractivity contribution is 0.731. The Labute approximate surface area is 167 Å². The zero-order chi connectivity index (χ0) is 18.5. The standard InChI is InChI=1S/C20H21BrN4S/c1-4-12-25-19(16-8-10-18(11-9-16)24(2)3)22-23-20(25)26-14-15-6-5-7-17(21)13-15/h4-11,13H,1,12,14H2,2-3H3. The molecular formula is C20H21BrN4S. The van der Waals surface area contributed by atoms with Gasteiger partial charge in [-0.05, 0) is 42.0 Å². The van der Waals surface area contributed by atoms with E-state index in [4.69, 9.17) is 0 Å². The van der Waals surface area contributed by atoms with Crippen molar-refractivity contribution in [2.75, 3.05) is 19.0 Å². The second kappa shape index (κ2) is 8.56.